The first-order valence-corrected chi connectivity index (χ1v) is 17.9. The third-order valence-electron chi connectivity index (χ3n) is 10.4. The van der Waals surface area contributed by atoms with Crippen LogP contribution in [0.4, 0.5) is 0 Å². The lowest BCUT2D eigenvalue weighted by atomic mass is 10.0. The summed E-state index contributed by atoms with van der Waals surface area (Å²) in [6.07, 6.45) is 0. The maximum absolute atomic E-state index is 6.55. The summed E-state index contributed by atoms with van der Waals surface area (Å²) < 4.78 is 15.2. The Labute approximate surface area is 304 Å². The van der Waals surface area contributed by atoms with E-state index in [-0.39, 0.29) is 0 Å². The maximum atomic E-state index is 6.55. The fraction of sp³-hybridized carbons (Fsp3) is 0. The van der Waals surface area contributed by atoms with Crippen molar-refractivity contribution in [3.05, 3.63) is 182 Å². The molecule has 8 aromatic carbocycles. The third-order valence-corrected chi connectivity index (χ3v) is 10.4. The highest BCUT2D eigenvalue weighted by atomic mass is 16.4. The molecular formula is C49H30N2O2. The van der Waals surface area contributed by atoms with E-state index >= 15 is 0 Å². The highest BCUT2D eigenvalue weighted by Crippen LogP contribution is 2.40. The molecule has 0 amide bonds. The molecule has 0 saturated heterocycles. The van der Waals surface area contributed by atoms with E-state index in [9.17, 15) is 0 Å². The molecule has 0 fully saturated rings. The second-order valence-electron chi connectivity index (χ2n) is 13.6. The monoisotopic (exact) mass is 678 g/mol. The average molecular weight is 679 g/mol. The molecule has 0 aliphatic carbocycles. The molecular weight excluding hydrogens is 649 g/mol. The number of aromatic nitrogens is 2. The van der Waals surface area contributed by atoms with Crippen molar-refractivity contribution < 1.29 is 8.83 Å². The SMILES string of the molecule is c1ccc(-c2cccc(-n3c4ccccc4c4ccc(-c5ccc(-c6nc7ccc8oc9ccc(-c%10ccccc%10)cc9c8c7o6)cc5)cc43)c2)cc1. The molecule has 4 nitrogen and oxygen atoms in total. The van der Waals surface area contributed by atoms with Gasteiger partial charge in [0.25, 0.3) is 0 Å². The average Bonchev–Trinajstić information content (AvgIpc) is 3.93. The fourth-order valence-electron chi connectivity index (χ4n) is 7.87. The van der Waals surface area contributed by atoms with Crippen LogP contribution in [-0.2, 0) is 0 Å². The Hall–Kier alpha value is -7.17. The Morgan fingerprint density at radius 1 is 0.377 bits per heavy atom. The Kier molecular flexibility index (Phi) is 6.52. The van der Waals surface area contributed by atoms with Crippen molar-refractivity contribution in [3.63, 3.8) is 0 Å². The topological polar surface area (TPSA) is 44.1 Å². The molecule has 0 atom stereocenters. The maximum Gasteiger partial charge on any atom is 0.227 e. The molecule has 4 heteroatoms. The molecule has 3 aromatic heterocycles. The highest BCUT2D eigenvalue weighted by Gasteiger charge is 2.18. The summed E-state index contributed by atoms with van der Waals surface area (Å²) in [7, 11) is 0. The van der Waals surface area contributed by atoms with Gasteiger partial charge in [0.05, 0.1) is 16.4 Å². The highest BCUT2D eigenvalue weighted by molar-refractivity contribution is 6.17. The van der Waals surface area contributed by atoms with Crippen LogP contribution in [0.1, 0.15) is 0 Å². The number of furan rings is 1. The summed E-state index contributed by atoms with van der Waals surface area (Å²) in [6.45, 7) is 0. The minimum Gasteiger partial charge on any atom is -0.456 e. The minimum absolute atomic E-state index is 0.585. The molecule has 0 aliphatic heterocycles. The lowest BCUT2D eigenvalue weighted by Crippen LogP contribution is -1.94. The van der Waals surface area contributed by atoms with Crippen molar-refractivity contribution in [2.24, 2.45) is 0 Å². The Morgan fingerprint density at radius 3 is 1.79 bits per heavy atom. The standard InChI is InChI=1S/C49H30N2O2/c1-3-10-31(11-4-1)35-14-9-15-38(28-35)51-43-17-8-7-16-39(43)40-24-22-37(30-44(40)51)33-18-20-34(21-19-33)49-50-42-25-27-46-47(48(42)53-49)41-29-36(23-26-45(41)52-46)32-12-5-2-6-13-32/h1-30H. The second-order valence-corrected chi connectivity index (χ2v) is 13.6. The quantitative estimate of drug-likeness (QED) is 0.182. The molecule has 3 heterocycles. The van der Waals surface area contributed by atoms with Crippen LogP contribution in [0.2, 0.25) is 0 Å². The predicted molar refractivity (Wildman–Crippen MR) is 217 cm³/mol. The van der Waals surface area contributed by atoms with Gasteiger partial charge in [-0.1, -0.05) is 121 Å². The summed E-state index contributed by atoms with van der Waals surface area (Å²) in [5.41, 5.74) is 14.5. The van der Waals surface area contributed by atoms with Crippen molar-refractivity contribution in [2.75, 3.05) is 0 Å². The van der Waals surface area contributed by atoms with Gasteiger partial charge in [0.15, 0.2) is 5.58 Å². The van der Waals surface area contributed by atoms with Gasteiger partial charge in [-0.05, 0) is 94.0 Å². The molecule has 0 saturated carbocycles. The minimum atomic E-state index is 0.585. The van der Waals surface area contributed by atoms with E-state index in [1.165, 1.54) is 32.9 Å². The zero-order valence-electron chi connectivity index (χ0n) is 28.5. The Morgan fingerprint density at radius 2 is 0.981 bits per heavy atom. The lowest BCUT2D eigenvalue weighted by Gasteiger charge is -2.11. The van der Waals surface area contributed by atoms with Crippen molar-refractivity contribution >= 4 is 54.8 Å². The van der Waals surface area contributed by atoms with Crippen molar-refractivity contribution in [1.29, 1.82) is 0 Å². The summed E-state index contributed by atoms with van der Waals surface area (Å²) in [5, 5.41) is 4.43. The first kappa shape index (κ1) is 29.5. The van der Waals surface area contributed by atoms with Crippen molar-refractivity contribution in [2.45, 2.75) is 0 Å². The van der Waals surface area contributed by atoms with Crippen LogP contribution in [0.15, 0.2) is 191 Å². The molecule has 53 heavy (non-hydrogen) atoms. The molecule has 0 radical (unpaired) electrons. The van der Waals surface area contributed by atoms with E-state index in [1.54, 1.807) is 0 Å². The van der Waals surface area contributed by atoms with Gasteiger partial charge in [0.2, 0.25) is 5.89 Å². The summed E-state index contributed by atoms with van der Waals surface area (Å²) in [6, 6.07) is 64.0. The van der Waals surface area contributed by atoms with Gasteiger partial charge >= 0.3 is 0 Å². The van der Waals surface area contributed by atoms with Crippen LogP contribution < -0.4 is 0 Å². The van der Waals surface area contributed by atoms with Gasteiger partial charge in [-0.2, -0.15) is 0 Å². The number of benzene rings is 8. The zero-order chi connectivity index (χ0) is 34.9. The van der Waals surface area contributed by atoms with Crippen LogP contribution in [0.5, 0.6) is 0 Å². The molecule has 11 aromatic rings. The van der Waals surface area contributed by atoms with Gasteiger partial charge in [-0.25, -0.2) is 4.98 Å². The number of hydrogen-bond acceptors (Lipinski definition) is 3. The summed E-state index contributed by atoms with van der Waals surface area (Å²) in [5.74, 6) is 0.585. The fourth-order valence-corrected chi connectivity index (χ4v) is 7.87. The first-order chi connectivity index (χ1) is 26.2. The van der Waals surface area contributed by atoms with Gasteiger partial charge in [0, 0.05) is 27.4 Å². The van der Waals surface area contributed by atoms with Crippen molar-refractivity contribution in [3.8, 4) is 50.5 Å². The van der Waals surface area contributed by atoms with E-state index in [0.717, 1.165) is 66.5 Å². The van der Waals surface area contributed by atoms with E-state index in [1.807, 2.05) is 24.3 Å². The molecule has 0 aliphatic rings. The van der Waals surface area contributed by atoms with Gasteiger partial charge < -0.3 is 13.4 Å². The first-order valence-electron chi connectivity index (χ1n) is 17.9. The van der Waals surface area contributed by atoms with Gasteiger partial charge in [-0.3, -0.25) is 0 Å². The normalized spacial score (nSPS) is 11.8. The summed E-state index contributed by atoms with van der Waals surface area (Å²) in [4.78, 5) is 4.93. The number of hydrogen-bond donors (Lipinski definition) is 0. The largest absolute Gasteiger partial charge is 0.456 e. The van der Waals surface area contributed by atoms with Crippen LogP contribution in [0.3, 0.4) is 0 Å². The molecule has 0 bridgehead atoms. The lowest BCUT2D eigenvalue weighted by molar-refractivity contribution is 0.622. The number of oxazole rings is 1. The predicted octanol–water partition coefficient (Wildman–Crippen LogP) is 13.5. The second kappa shape index (κ2) is 11.7. The number of nitrogens with zero attached hydrogens (tertiary/aromatic N) is 2. The van der Waals surface area contributed by atoms with Gasteiger partial charge in [0.1, 0.15) is 16.7 Å². The molecule has 11 rings (SSSR count). The zero-order valence-corrected chi connectivity index (χ0v) is 28.5. The Balaban J connectivity index is 0.987. The molecule has 0 spiro atoms. The molecule has 0 unspecified atom stereocenters. The number of para-hydroxylation sites is 1. The third kappa shape index (κ3) is 4.80. The van der Waals surface area contributed by atoms with Crippen molar-refractivity contribution in [1.82, 2.24) is 9.55 Å². The van der Waals surface area contributed by atoms with E-state index in [0.29, 0.717) is 5.89 Å². The number of rotatable bonds is 5. The molecule has 248 valence electrons. The van der Waals surface area contributed by atoms with E-state index in [2.05, 4.69) is 162 Å². The molecule has 0 N–H and O–H groups in total. The van der Waals surface area contributed by atoms with Crippen LogP contribution in [-0.4, -0.2) is 9.55 Å². The van der Waals surface area contributed by atoms with Gasteiger partial charge in [-0.15, -0.1) is 0 Å². The number of fused-ring (bicyclic) bond motifs is 8. The Bertz CT molecular complexity index is 3150. The van der Waals surface area contributed by atoms with E-state index < -0.39 is 0 Å². The van der Waals surface area contributed by atoms with Crippen LogP contribution in [0, 0.1) is 0 Å². The van der Waals surface area contributed by atoms with Crippen LogP contribution in [0.25, 0.3) is 105 Å². The smallest absolute Gasteiger partial charge is 0.227 e. The van der Waals surface area contributed by atoms with Crippen LogP contribution >= 0.6 is 0 Å². The summed E-state index contributed by atoms with van der Waals surface area (Å²) >= 11 is 0. The van der Waals surface area contributed by atoms with E-state index in [4.69, 9.17) is 13.8 Å².